The zero-order valence-electron chi connectivity index (χ0n) is 23.2. The first-order valence-electron chi connectivity index (χ1n) is 12.8. The molecule has 0 atom stereocenters. The van der Waals surface area contributed by atoms with Crippen molar-refractivity contribution in [3.05, 3.63) is 113 Å². The number of methoxy groups -OCH3 is 1. The number of sulfonamides is 1. The molecule has 1 amide bonds. The number of aryl methyl sites for hydroxylation is 1. The smallest absolute Gasteiger partial charge is 0.343 e. The zero-order valence-corrected chi connectivity index (χ0v) is 24.0. The van der Waals surface area contributed by atoms with Crippen molar-refractivity contribution in [1.82, 2.24) is 5.43 Å². The molecule has 0 aliphatic heterocycles. The van der Waals surface area contributed by atoms with Crippen LogP contribution in [0.25, 0.3) is 0 Å². The number of carbonyl (C=O) groups excluding carboxylic acids is 2. The minimum atomic E-state index is -3.76. The van der Waals surface area contributed by atoms with Crippen molar-refractivity contribution < 1.29 is 32.2 Å². The van der Waals surface area contributed by atoms with Gasteiger partial charge in [0.25, 0.3) is 15.9 Å². The van der Waals surface area contributed by atoms with Crippen molar-refractivity contribution in [2.24, 2.45) is 5.10 Å². The Bertz CT molecular complexity index is 1680. The molecule has 2 N–H and O–H groups in total. The SMILES string of the molecule is CCOc1cc(/C=N\NC(=O)c2ccc(NS(=O)(=O)c3ccc(C)cc3)cc2)ccc1OC(=O)c1ccc(OC)cc1. The predicted octanol–water partition coefficient (Wildman–Crippen LogP) is 5.19. The monoisotopic (exact) mass is 587 g/mol. The van der Waals surface area contributed by atoms with Gasteiger partial charge in [-0.1, -0.05) is 17.7 Å². The summed E-state index contributed by atoms with van der Waals surface area (Å²) in [6, 6.07) is 23.8. The maximum Gasteiger partial charge on any atom is 0.343 e. The number of esters is 1. The molecule has 11 heteroatoms. The molecule has 0 heterocycles. The lowest BCUT2D eigenvalue weighted by atomic mass is 10.2. The van der Waals surface area contributed by atoms with Gasteiger partial charge in [0.1, 0.15) is 5.75 Å². The van der Waals surface area contributed by atoms with E-state index in [0.29, 0.717) is 34.9 Å². The fourth-order valence-electron chi connectivity index (χ4n) is 3.69. The van der Waals surface area contributed by atoms with Crippen molar-refractivity contribution in [2.75, 3.05) is 18.4 Å². The second-order valence-corrected chi connectivity index (χ2v) is 10.6. The van der Waals surface area contributed by atoms with Gasteiger partial charge in [-0.2, -0.15) is 5.10 Å². The summed E-state index contributed by atoms with van der Waals surface area (Å²) >= 11 is 0. The highest BCUT2D eigenvalue weighted by atomic mass is 32.2. The van der Waals surface area contributed by atoms with Crippen molar-refractivity contribution in [3.63, 3.8) is 0 Å². The molecule has 216 valence electrons. The summed E-state index contributed by atoms with van der Waals surface area (Å²) in [5.74, 6) is 0.140. The topological polar surface area (TPSA) is 132 Å². The highest BCUT2D eigenvalue weighted by molar-refractivity contribution is 7.92. The third-order valence-electron chi connectivity index (χ3n) is 5.91. The van der Waals surface area contributed by atoms with Gasteiger partial charge in [0.15, 0.2) is 11.5 Å². The minimum Gasteiger partial charge on any atom is -0.497 e. The Morgan fingerprint density at radius 2 is 1.52 bits per heavy atom. The summed E-state index contributed by atoms with van der Waals surface area (Å²) in [4.78, 5) is 25.3. The fourth-order valence-corrected chi connectivity index (χ4v) is 4.75. The van der Waals surface area contributed by atoms with Crippen molar-refractivity contribution >= 4 is 33.8 Å². The standard InChI is InChI=1S/C31H29N3O7S/c1-4-40-29-19-22(7-18-28(29)41-31(36)24-10-14-26(39-3)15-11-24)20-32-33-30(35)23-8-12-25(13-9-23)34-42(37,38)27-16-5-21(2)6-17-27/h5-20,34H,4H2,1-3H3,(H,33,35)/b32-20-. The molecule has 0 saturated heterocycles. The van der Waals surface area contributed by atoms with E-state index in [4.69, 9.17) is 14.2 Å². The summed E-state index contributed by atoms with van der Waals surface area (Å²) in [7, 11) is -2.22. The molecule has 0 unspecified atom stereocenters. The van der Waals surface area contributed by atoms with Crippen LogP contribution in [-0.4, -0.2) is 40.2 Å². The van der Waals surface area contributed by atoms with E-state index >= 15 is 0 Å². The number of carbonyl (C=O) groups is 2. The van der Waals surface area contributed by atoms with Crippen molar-refractivity contribution in [1.29, 1.82) is 0 Å². The molecule has 4 aromatic carbocycles. The van der Waals surface area contributed by atoms with Gasteiger partial charge in [-0.3, -0.25) is 9.52 Å². The van der Waals surface area contributed by atoms with E-state index in [1.165, 1.54) is 49.7 Å². The first-order chi connectivity index (χ1) is 20.2. The highest BCUT2D eigenvalue weighted by Crippen LogP contribution is 2.29. The van der Waals surface area contributed by atoms with E-state index < -0.39 is 21.9 Å². The second kappa shape index (κ2) is 13.5. The summed E-state index contributed by atoms with van der Waals surface area (Å²) in [6.45, 7) is 4.01. The number of hydrogen-bond acceptors (Lipinski definition) is 8. The van der Waals surface area contributed by atoms with Crippen LogP contribution in [0.3, 0.4) is 0 Å². The van der Waals surface area contributed by atoms with Crippen LogP contribution in [-0.2, 0) is 10.0 Å². The molecular formula is C31H29N3O7S. The molecule has 0 saturated carbocycles. The first-order valence-corrected chi connectivity index (χ1v) is 14.3. The lowest BCUT2D eigenvalue weighted by Gasteiger charge is -2.11. The Morgan fingerprint density at radius 1 is 0.857 bits per heavy atom. The van der Waals surface area contributed by atoms with Crippen molar-refractivity contribution in [3.8, 4) is 17.2 Å². The first kappa shape index (κ1) is 29.8. The Labute approximate surface area is 244 Å². The van der Waals surface area contributed by atoms with Gasteiger partial charge in [0.2, 0.25) is 0 Å². The number of benzene rings is 4. The summed E-state index contributed by atoms with van der Waals surface area (Å²) in [5.41, 5.74) is 4.91. The summed E-state index contributed by atoms with van der Waals surface area (Å²) in [5, 5.41) is 3.99. The molecular weight excluding hydrogens is 558 g/mol. The number of hydrazone groups is 1. The van der Waals surface area contributed by atoms with Gasteiger partial charge in [0.05, 0.1) is 30.4 Å². The summed E-state index contributed by atoms with van der Waals surface area (Å²) < 4.78 is 43.9. The lowest BCUT2D eigenvalue weighted by molar-refractivity contribution is 0.0728. The largest absolute Gasteiger partial charge is 0.497 e. The van der Waals surface area contributed by atoms with Gasteiger partial charge in [-0.15, -0.1) is 0 Å². The molecule has 0 aliphatic carbocycles. The average molecular weight is 588 g/mol. The molecule has 0 spiro atoms. The molecule has 0 fully saturated rings. The summed E-state index contributed by atoms with van der Waals surface area (Å²) in [6.07, 6.45) is 1.42. The molecule has 0 bridgehead atoms. The highest BCUT2D eigenvalue weighted by Gasteiger charge is 2.15. The molecule has 4 rings (SSSR count). The molecule has 42 heavy (non-hydrogen) atoms. The number of nitrogens with one attached hydrogen (secondary N) is 2. The minimum absolute atomic E-state index is 0.139. The van der Waals surface area contributed by atoms with Crippen LogP contribution >= 0.6 is 0 Å². The molecule has 10 nitrogen and oxygen atoms in total. The van der Waals surface area contributed by atoms with Crippen LogP contribution in [0.5, 0.6) is 17.2 Å². The van der Waals surface area contributed by atoms with Crippen LogP contribution in [0.15, 0.2) is 101 Å². The van der Waals surface area contributed by atoms with Gasteiger partial charge >= 0.3 is 5.97 Å². The lowest BCUT2D eigenvalue weighted by Crippen LogP contribution is -2.18. The van der Waals surface area contributed by atoms with Gasteiger partial charge < -0.3 is 14.2 Å². The molecule has 0 aliphatic rings. The number of anilines is 1. The second-order valence-electron chi connectivity index (χ2n) is 8.95. The Hall–Kier alpha value is -5.16. The van der Waals surface area contributed by atoms with Crippen LogP contribution in [0.1, 0.15) is 38.8 Å². The Morgan fingerprint density at radius 3 is 2.17 bits per heavy atom. The number of ether oxygens (including phenoxy) is 3. The molecule has 0 radical (unpaired) electrons. The van der Waals surface area contributed by atoms with Gasteiger partial charge in [0, 0.05) is 11.3 Å². The van der Waals surface area contributed by atoms with Crippen LogP contribution < -0.4 is 24.4 Å². The Balaban J connectivity index is 1.37. The van der Waals surface area contributed by atoms with Gasteiger partial charge in [-0.25, -0.2) is 18.6 Å². The van der Waals surface area contributed by atoms with E-state index in [2.05, 4.69) is 15.2 Å². The molecule has 4 aromatic rings. The quantitative estimate of drug-likeness (QED) is 0.107. The third kappa shape index (κ3) is 7.73. The Kier molecular flexibility index (Phi) is 9.56. The van der Waals surface area contributed by atoms with E-state index in [0.717, 1.165) is 5.56 Å². The number of amides is 1. The maximum atomic E-state index is 12.6. The normalized spacial score (nSPS) is 11.1. The van der Waals surface area contributed by atoms with Crippen LogP contribution in [0, 0.1) is 6.92 Å². The maximum absolute atomic E-state index is 12.6. The average Bonchev–Trinajstić information content (AvgIpc) is 2.99. The number of nitrogens with zero attached hydrogens (tertiary/aromatic N) is 1. The number of rotatable bonds is 11. The van der Waals surface area contributed by atoms with Gasteiger partial charge in [-0.05, 0) is 98.3 Å². The molecule has 0 aromatic heterocycles. The zero-order chi connectivity index (χ0) is 30.1. The van der Waals surface area contributed by atoms with E-state index in [1.807, 2.05) is 6.92 Å². The van der Waals surface area contributed by atoms with Crippen LogP contribution in [0.4, 0.5) is 5.69 Å². The van der Waals surface area contributed by atoms with E-state index in [1.54, 1.807) is 61.5 Å². The van der Waals surface area contributed by atoms with E-state index in [-0.39, 0.29) is 16.2 Å². The third-order valence-corrected chi connectivity index (χ3v) is 7.30. The van der Waals surface area contributed by atoms with E-state index in [9.17, 15) is 18.0 Å². The predicted molar refractivity (Wildman–Crippen MR) is 159 cm³/mol. The van der Waals surface area contributed by atoms with Crippen LogP contribution in [0.2, 0.25) is 0 Å². The fraction of sp³-hybridized carbons (Fsp3) is 0.129. The number of hydrogen-bond donors (Lipinski definition) is 2. The van der Waals surface area contributed by atoms with Crippen molar-refractivity contribution in [2.45, 2.75) is 18.7 Å².